The number of ether oxygens (including phenoxy) is 3. The monoisotopic (exact) mass is 540 g/mol. The maximum absolute atomic E-state index is 5.65. The molecule has 7 nitrogen and oxygen atoms in total. The van der Waals surface area contributed by atoms with Crippen LogP contribution >= 0.6 is 24.0 Å². The molecule has 2 N–H and O–H groups in total. The standard InChI is InChI=1S/C23H32N4O3.HI/c1-4-30-22-15-20(8-9-21(22)28-3)26-23(24-2)25-16-18-6-5-7-19(14-18)17-27-10-12-29-13-11-27;/h5-9,14-15H,4,10-13,16-17H2,1-3H3,(H2,24,25,26);1H. The lowest BCUT2D eigenvalue weighted by Crippen LogP contribution is -2.35. The quantitative estimate of drug-likeness (QED) is 0.302. The van der Waals surface area contributed by atoms with Crippen molar-refractivity contribution in [1.29, 1.82) is 0 Å². The van der Waals surface area contributed by atoms with E-state index in [0.717, 1.165) is 38.5 Å². The minimum atomic E-state index is 0. The number of nitrogens with one attached hydrogen (secondary N) is 2. The first-order chi connectivity index (χ1) is 14.7. The number of guanidine groups is 1. The highest BCUT2D eigenvalue weighted by molar-refractivity contribution is 14.0. The molecule has 0 atom stereocenters. The second-order valence-electron chi connectivity index (χ2n) is 7.06. The van der Waals surface area contributed by atoms with Crippen LogP contribution < -0.4 is 20.1 Å². The number of anilines is 1. The fourth-order valence-electron chi connectivity index (χ4n) is 3.38. The summed E-state index contributed by atoms with van der Waals surface area (Å²) in [4.78, 5) is 6.76. The van der Waals surface area contributed by atoms with E-state index in [1.165, 1.54) is 11.1 Å². The molecule has 1 fully saturated rings. The summed E-state index contributed by atoms with van der Waals surface area (Å²) in [6.07, 6.45) is 0. The van der Waals surface area contributed by atoms with Gasteiger partial charge < -0.3 is 24.8 Å². The van der Waals surface area contributed by atoms with Crippen LogP contribution in [0.25, 0.3) is 0 Å². The molecule has 1 saturated heterocycles. The van der Waals surface area contributed by atoms with E-state index in [1.54, 1.807) is 14.2 Å². The first kappa shape index (κ1) is 25.2. The van der Waals surface area contributed by atoms with Gasteiger partial charge in [0.1, 0.15) is 0 Å². The summed E-state index contributed by atoms with van der Waals surface area (Å²) in [6.45, 7) is 7.79. The van der Waals surface area contributed by atoms with Crippen LogP contribution in [0.4, 0.5) is 5.69 Å². The van der Waals surface area contributed by atoms with Gasteiger partial charge in [-0.2, -0.15) is 0 Å². The molecule has 0 aromatic heterocycles. The van der Waals surface area contributed by atoms with Crippen LogP contribution in [0.2, 0.25) is 0 Å². The van der Waals surface area contributed by atoms with Gasteiger partial charge >= 0.3 is 0 Å². The second-order valence-corrected chi connectivity index (χ2v) is 7.06. The van der Waals surface area contributed by atoms with E-state index in [9.17, 15) is 0 Å². The average molecular weight is 540 g/mol. The van der Waals surface area contributed by atoms with Gasteiger partial charge in [-0.15, -0.1) is 24.0 Å². The Labute approximate surface area is 202 Å². The van der Waals surface area contributed by atoms with Crippen LogP contribution in [0, 0.1) is 0 Å². The molecule has 0 amide bonds. The molecule has 2 aromatic rings. The van der Waals surface area contributed by atoms with E-state index in [1.807, 2.05) is 25.1 Å². The van der Waals surface area contributed by atoms with Crippen LogP contribution in [-0.4, -0.2) is 57.9 Å². The van der Waals surface area contributed by atoms with Gasteiger partial charge in [0.15, 0.2) is 17.5 Å². The van der Waals surface area contributed by atoms with Crippen molar-refractivity contribution in [2.75, 3.05) is 52.4 Å². The van der Waals surface area contributed by atoms with Crippen LogP contribution in [0.15, 0.2) is 47.5 Å². The summed E-state index contributed by atoms with van der Waals surface area (Å²) < 4.78 is 16.4. The Balaban J connectivity index is 0.00000341. The Bertz CT molecular complexity index is 841. The van der Waals surface area contributed by atoms with Crippen LogP contribution in [0.5, 0.6) is 11.5 Å². The fraction of sp³-hybridized carbons (Fsp3) is 0.435. The third-order valence-corrected chi connectivity index (χ3v) is 4.91. The Kier molecular flexibility index (Phi) is 10.9. The van der Waals surface area contributed by atoms with Gasteiger partial charge in [0, 0.05) is 45.0 Å². The van der Waals surface area contributed by atoms with E-state index in [4.69, 9.17) is 14.2 Å². The molecule has 0 bridgehead atoms. The molecule has 3 rings (SSSR count). The number of nitrogens with zero attached hydrogens (tertiary/aromatic N) is 2. The maximum atomic E-state index is 5.65. The normalized spacial score (nSPS) is 14.5. The van der Waals surface area contributed by atoms with Gasteiger partial charge in [0.05, 0.1) is 26.9 Å². The van der Waals surface area contributed by atoms with Crippen molar-refractivity contribution in [1.82, 2.24) is 10.2 Å². The van der Waals surface area contributed by atoms with Crippen molar-refractivity contribution < 1.29 is 14.2 Å². The SMILES string of the molecule is CCOc1cc(NC(=NC)NCc2cccc(CN3CCOCC3)c2)ccc1OC.I. The lowest BCUT2D eigenvalue weighted by Gasteiger charge is -2.26. The summed E-state index contributed by atoms with van der Waals surface area (Å²) in [5.74, 6) is 2.11. The van der Waals surface area contributed by atoms with Crippen LogP contribution in [0.3, 0.4) is 0 Å². The Morgan fingerprint density at radius 1 is 1.10 bits per heavy atom. The zero-order valence-electron chi connectivity index (χ0n) is 18.5. The van der Waals surface area contributed by atoms with Crippen LogP contribution in [-0.2, 0) is 17.8 Å². The van der Waals surface area contributed by atoms with E-state index < -0.39 is 0 Å². The van der Waals surface area contributed by atoms with Crippen molar-refractivity contribution in [2.45, 2.75) is 20.0 Å². The van der Waals surface area contributed by atoms with E-state index in [0.29, 0.717) is 30.6 Å². The molecule has 0 unspecified atom stereocenters. The smallest absolute Gasteiger partial charge is 0.195 e. The van der Waals surface area contributed by atoms with Gasteiger partial charge in [0.25, 0.3) is 0 Å². The second kappa shape index (κ2) is 13.4. The summed E-state index contributed by atoms with van der Waals surface area (Å²) in [5.41, 5.74) is 3.41. The van der Waals surface area contributed by atoms with Gasteiger partial charge in [-0.05, 0) is 30.2 Å². The lowest BCUT2D eigenvalue weighted by atomic mass is 10.1. The third-order valence-electron chi connectivity index (χ3n) is 4.91. The maximum Gasteiger partial charge on any atom is 0.195 e. The summed E-state index contributed by atoms with van der Waals surface area (Å²) in [6, 6.07) is 14.4. The number of benzene rings is 2. The molecule has 1 aliphatic heterocycles. The van der Waals surface area contributed by atoms with Gasteiger partial charge in [-0.1, -0.05) is 24.3 Å². The number of hydrogen-bond acceptors (Lipinski definition) is 5. The Morgan fingerprint density at radius 2 is 1.87 bits per heavy atom. The minimum Gasteiger partial charge on any atom is -0.493 e. The molecular weight excluding hydrogens is 507 g/mol. The van der Waals surface area contributed by atoms with Crippen molar-refractivity contribution in [3.63, 3.8) is 0 Å². The average Bonchev–Trinajstić information content (AvgIpc) is 2.78. The van der Waals surface area contributed by atoms with Crippen molar-refractivity contribution in [3.05, 3.63) is 53.6 Å². The molecule has 2 aromatic carbocycles. The van der Waals surface area contributed by atoms with Crippen molar-refractivity contribution in [2.24, 2.45) is 4.99 Å². The fourth-order valence-corrected chi connectivity index (χ4v) is 3.38. The highest BCUT2D eigenvalue weighted by Gasteiger charge is 2.11. The van der Waals surface area contributed by atoms with E-state index in [-0.39, 0.29) is 24.0 Å². The Hall–Kier alpha value is -2.04. The minimum absolute atomic E-state index is 0. The first-order valence-electron chi connectivity index (χ1n) is 10.4. The Morgan fingerprint density at radius 3 is 2.58 bits per heavy atom. The van der Waals surface area contributed by atoms with Gasteiger partial charge in [-0.25, -0.2) is 0 Å². The molecule has 0 aliphatic carbocycles. The third kappa shape index (κ3) is 7.86. The van der Waals surface area contributed by atoms with Crippen LogP contribution in [0.1, 0.15) is 18.1 Å². The molecule has 1 heterocycles. The molecule has 170 valence electrons. The summed E-state index contributed by atoms with van der Waals surface area (Å²) >= 11 is 0. The number of rotatable bonds is 8. The number of morpholine rings is 1. The number of methoxy groups -OCH3 is 1. The summed E-state index contributed by atoms with van der Waals surface area (Å²) in [7, 11) is 3.40. The summed E-state index contributed by atoms with van der Waals surface area (Å²) in [5, 5.41) is 6.69. The van der Waals surface area contributed by atoms with Crippen molar-refractivity contribution in [3.8, 4) is 11.5 Å². The predicted molar refractivity (Wildman–Crippen MR) is 136 cm³/mol. The number of halogens is 1. The molecule has 0 spiro atoms. The lowest BCUT2D eigenvalue weighted by molar-refractivity contribution is 0.0342. The molecular formula is C23H33IN4O3. The largest absolute Gasteiger partial charge is 0.493 e. The molecule has 0 radical (unpaired) electrons. The number of aliphatic imine (C=N–C) groups is 1. The number of hydrogen-bond donors (Lipinski definition) is 2. The zero-order valence-corrected chi connectivity index (χ0v) is 20.8. The van der Waals surface area contributed by atoms with E-state index >= 15 is 0 Å². The molecule has 31 heavy (non-hydrogen) atoms. The molecule has 1 aliphatic rings. The topological polar surface area (TPSA) is 67.4 Å². The van der Waals surface area contributed by atoms with Gasteiger partial charge in [0.2, 0.25) is 0 Å². The van der Waals surface area contributed by atoms with Gasteiger partial charge in [-0.3, -0.25) is 9.89 Å². The molecule has 0 saturated carbocycles. The molecule has 8 heteroatoms. The zero-order chi connectivity index (χ0) is 21.2. The van der Waals surface area contributed by atoms with Crippen molar-refractivity contribution >= 4 is 35.6 Å². The highest BCUT2D eigenvalue weighted by Crippen LogP contribution is 2.30. The predicted octanol–water partition coefficient (Wildman–Crippen LogP) is 3.73. The van der Waals surface area contributed by atoms with E-state index in [2.05, 4.69) is 44.8 Å². The highest BCUT2D eigenvalue weighted by atomic mass is 127. The first-order valence-corrected chi connectivity index (χ1v) is 10.4.